The highest BCUT2D eigenvalue weighted by Gasteiger charge is 2.59. The maximum atomic E-state index is 13.3. The van der Waals surface area contributed by atoms with Gasteiger partial charge in [-0.05, 0) is 12.0 Å². The molecular formula is C14H15F2NO2. The number of ether oxygens (including phenoxy) is 1. The van der Waals surface area contributed by atoms with E-state index in [1.165, 1.54) is 4.90 Å². The predicted octanol–water partition coefficient (Wildman–Crippen LogP) is 2.21. The summed E-state index contributed by atoms with van der Waals surface area (Å²) in [5, 5.41) is 0. The molecule has 2 atom stereocenters. The van der Waals surface area contributed by atoms with Gasteiger partial charge in [-0.2, -0.15) is 0 Å². The zero-order valence-corrected chi connectivity index (χ0v) is 10.4. The van der Waals surface area contributed by atoms with Crippen LogP contribution in [-0.2, 0) is 16.0 Å². The molecule has 1 aromatic carbocycles. The number of benzene rings is 1. The number of carbonyl (C=O) groups is 1. The average molecular weight is 267 g/mol. The minimum atomic E-state index is -2.65. The van der Waals surface area contributed by atoms with Crippen molar-refractivity contribution in [3.8, 4) is 0 Å². The predicted molar refractivity (Wildman–Crippen MR) is 64.7 cm³/mol. The second-order valence-corrected chi connectivity index (χ2v) is 5.06. The number of halogens is 2. The maximum Gasteiger partial charge on any atom is 0.285 e. The summed E-state index contributed by atoms with van der Waals surface area (Å²) in [5.41, 5.74) is -0.642. The lowest BCUT2D eigenvalue weighted by Crippen LogP contribution is -2.50. The highest BCUT2D eigenvalue weighted by Crippen LogP contribution is 2.43. The van der Waals surface area contributed by atoms with Gasteiger partial charge in [-0.25, -0.2) is 8.78 Å². The normalized spacial score (nSPS) is 30.2. The number of amides is 1. The molecular weight excluding hydrogens is 252 g/mol. The van der Waals surface area contributed by atoms with Gasteiger partial charge in [0, 0.05) is 12.8 Å². The van der Waals surface area contributed by atoms with Gasteiger partial charge in [-0.1, -0.05) is 30.3 Å². The first-order valence-corrected chi connectivity index (χ1v) is 6.42. The quantitative estimate of drug-likeness (QED) is 0.840. The molecule has 2 aliphatic heterocycles. The SMILES string of the molecule is O=C1CC[C@]2(C(F)F)OC[C@@H](Cc3ccccc3)N12. The third-order valence-corrected chi connectivity index (χ3v) is 3.92. The van der Waals surface area contributed by atoms with Crippen LogP contribution in [0.5, 0.6) is 0 Å². The third kappa shape index (κ3) is 1.92. The molecule has 0 N–H and O–H groups in total. The fraction of sp³-hybridized carbons (Fsp3) is 0.500. The van der Waals surface area contributed by atoms with E-state index < -0.39 is 12.2 Å². The van der Waals surface area contributed by atoms with Crippen molar-refractivity contribution in [3.63, 3.8) is 0 Å². The van der Waals surface area contributed by atoms with Crippen LogP contribution in [0.4, 0.5) is 8.78 Å². The van der Waals surface area contributed by atoms with Gasteiger partial charge in [-0.15, -0.1) is 0 Å². The number of nitrogens with zero attached hydrogens (tertiary/aromatic N) is 1. The van der Waals surface area contributed by atoms with Crippen LogP contribution in [0.3, 0.4) is 0 Å². The van der Waals surface area contributed by atoms with Crippen molar-refractivity contribution in [2.75, 3.05) is 6.61 Å². The zero-order valence-electron chi connectivity index (χ0n) is 10.4. The van der Waals surface area contributed by atoms with Crippen LogP contribution in [0, 0.1) is 0 Å². The first-order valence-electron chi connectivity index (χ1n) is 6.42. The number of hydrogen-bond acceptors (Lipinski definition) is 2. The van der Waals surface area contributed by atoms with E-state index in [0.29, 0.717) is 6.42 Å². The van der Waals surface area contributed by atoms with Crippen LogP contribution in [0.15, 0.2) is 30.3 Å². The summed E-state index contributed by atoms with van der Waals surface area (Å²) in [6.07, 6.45) is -1.86. The van der Waals surface area contributed by atoms with Crippen LogP contribution in [0.1, 0.15) is 18.4 Å². The number of carbonyl (C=O) groups excluding carboxylic acids is 1. The molecule has 0 saturated carbocycles. The molecule has 3 rings (SSSR count). The van der Waals surface area contributed by atoms with Gasteiger partial charge in [0.05, 0.1) is 12.6 Å². The number of hydrogen-bond donors (Lipinski definition) is 0. The molecule has 0 aliphatic carbocycles. The van der Waals surface area contributed by atoms with Crippen LogP contribution in [0.25, 0.3) is 0 Å². The molecule has 0 unspecified atom stereocenters. The molecule has 0 radical (unpaired) electrons. The number of alkyl halides is 2. The Hall–Kier alpha value is -1.49. The molecule has 19 heavy (non-hydrogen) atoms. The molecule has 1 aromatic rings. The van der Waals surface area contributed by atoms with E-state index in [1.807, 2.05) is 30.3 Å². The van der Waals surface area contributed by atoms with Crippen molar-refractivity contribution < 1.29 is 18.3 Å². The smallest absolute Gasteiger partial charge is 0.285 e. The molecule has 0 aromatic heterocycles. The lowest BCUT2D eigenvalue weighted by molar-refractivity contribution is -0.171. The molecule has 2 saturated heterocycles. The topological polar surface area (TPSA) is 29.5 Å². The van der Waals surface area contributed by atoms with Crippen LogP contribution >= 0.6 is 0 Å². The first kappa shape index (κ1) is 12.5. The van der Waals surface area contributed by atoms with Crippen molar-refractivity contribution in [3.05, 3.63) is 35.9 Å². The molecule has 2 fully saturated rings. The molecule has 102 valence electrons. The largest absolute Gasteiger partial charge is 0.348 e. The first-order chi connectivity index (χ1) is 9.13. The van der Waals surface area contributed by atoms with E-state index in [9.17, 15) is 13.6 Å². The summed E-state index contributed by atoms with van der Waals surface area (Å²) < 4.78 is 31.8. The standard InChI is InChI=1S/C14H15F2NO2/c15-13(16)14-7-6-12(18)17(14)11(9-19-14)8-10-4-2-1-3-5-10/h1-5,11,13H,6-9H2/t11-,14-/m1/s1. The second-order valence-electron chi connectivity index (χ2n) is 5.06. The summed E-state index contributed by atoms with van der Waals surface area (Å²) in [6, 6.07) is 9.28. The lowest BCUT2D eigenvalue weighted by atomic mass is 10.1. The fourth-order valence-electron chi connectivity index (χ4n) is 3.02. The zero-order chi connectivity index (χ0) is 13.5. The van der Waals surface area contributed by atoms with E-state index in [1.54, 1.807) is 0 Å². The summed E-state index contributed by atoms with van der Waals surface area (Å²) in [6.45, 7) is 0.185. The Morgan fingerprint density at radius 3 is 2.79 bits per heavy atom. The Kier molecular flexibility index (Phi) is 3.01. The Morgan fingerprint density at radius 1 is 1.37 bits per heavy atom. The lowest BCUT2D eigenvalue weighted by Gasteiger charge is -2.32. The van der Waals surface area contributed by atoms with Gasteiger partial charge in [-0.3, -0.25) is 4.79 Å². The summed E-state index contributed by atoms with van der Waals surface area (Å²) >= 11 is 0. The van der Waals surface area contributed by atoms with Crippen LogP contribution in [0.2, 0.25) is 0 Å². The van der Waals surface area contributed by atoms with E-state index in [2.05, 4.69) is 0 Å². The molecule has 3 nitrogen and oxygen atoms in total. The average Bonchev–Trinajstić information content (AvgIpc) is 2.92. The van der Waals surface area contributed by atoms with Crippen molar-refractivity contribution in [2.24, 2.45) is 0 Å². The van der Waals surface area contributed by atoms with Gasteiger partial charge in [0.15, 0.2) is 0 Å². The summed E-state index contributed by atoms with van der Waals surface area (Å²) in [5.74, 6) is -0.223. The van der Waals surface area contributed by atoms with Crippen molar-refractivity contribution >= 4 is 5.91 Å². The third-order valence-electron chi connectivity index (χ3n) is 3.92. The molecule has 1 amide bonds. The maximum absolute atomic E-state index is 13.3. The van der Waals surface area contributed by atoms with Gasteiger partial charge in [0.2, 0.25) is 11.6 Å². The number of rotatable bonds is 3. The van der Waals surface area contributed by atoms with Gasteiger partial charge >= 0.3 is 0 Å². The Morgan fingerprint density at radius 2 is 2.11 bits per heavy atom. The van der Waals surface area contributed by atoms with Gasteiger partial charge in [0.25, 0.3) is 6.43 Å². The van der Waals surface area contributed by atoms with Crippen molar-refractivity contribution in [2.45, 2.75) is 37.5 Å². The van der Waals surface area contributed by atoms with Gasteiger partial charge in [0.1, 0.15) is 0 Å². The highest BCUT2D eigenvalue weighted by atomic mass is 19.3. The Bertz CT molecular complexity index is 480. The van der Waals surface area contributed by atoms with Crippen LogP contribution < -0.4 is 0 Å². The summed E-state index contributed by atoms with van der Waals surface area (Å²) in [4.78, 5) is 13.2. The van der Waals surface area contributed by atoms with Gasteiger partial charge < -0.3 is 9.64 Å². The minimum absolute atomic E-state index is 0.0921. The van der Waals surface area contributed by atoms with Crippen molar-refractivity contribution in [1.82, 2.24) is 4.90 Å². The minimum Gasteiger partial charge on any atom is -0.348 e. The molecule has 0 bridgehead atoms. The highest BCUT2D eigenvalue weighted by molar-refractivity contribution is 5.80. The Labute approximate surface area is 110 Å². The van der Waals surface area contributed by atoms with Crippen LogP contribution in [-0.4, -0.2) is 35.6 Å². The molecule has 2 heterocycles. The Balaban J connectivity index is 1.83. The fourth-order valence-corrected chi connectivity index (χ4v) is 3.02. The second kappa shape index (κ2) is 4.56. The van der Waals surface area contributed by atoms with E-state index in [4.69, 9.17) is 4.74 Å². The van der Waals surface area contributed by atoms with E-state index in [0.717, 1.165) is 5.56 Å². The van der Waals surface area contributed by atoms with E-state index >= 15 is 0 Å². The number of fused-ring (bicyclic) bond motifs is 1. The monoisotopic (exact) mass is 267 g/mol. The van der Waals surface area contributed by atoms with Crippen molar-refractivity contribution in [1.29, 1.82) is 0 Å². The summed E-state index contributed by atoms with van der Waals surface area (Å²) in [7, 11) is 0. The molecule has 0 spiro atoms. The van der Waals surface area contributed by atoms with E-state index in [-0.39, 0.29) is 31.4 Å². The molecule has 5 heteroatoms. The molecule has 2 aliphatic rings.